The molecule has 1 heterocycles. The highest BCUT2D eigenvalue weighted by Crippen LogP contribution is 2.39. The fraction of sp³-hybridized carbons (Fsp3) is 0.263. The molecule has 1 N–H and O–H groups in total. The molecule has 0 bridgehead atoms. The van der Waals surface area contributed by atoms with E-state index in [1.54, 1.807) is 17.0 Å². The number of benzene rings is 2. The van der Waals surface area contributed by atoms with Gasteiger partial charge >= 0.3 is 6.18 Å². The average molecular weight is 411 g/mol. The molecule has 0 aliphatic carbocycles. The lowest BCUT2D eigenvalue weighted by molar-refractivity contribution is -0.137. The Morgan fingerprint density at radius 2 is 1.80 bits per heavy atom. The van der Waals surface area contributed by atoms with E-state index >= 15 is 0 Å². The summed E-state index contributed by atoms with van der Waals surface area (Å²) in [5.74, 6) is 0. The van der Waals surface area contributed by atoms with E-state index in [0.717, 1.165) is 23.0 Å². The van der Waals surface area contributed by atoms with Crippen LogP contribution in [0.25, 0.3) is 5.70 Å². The van der Waals surface area contributed by atoms with Gasteiger partial charge < -0.3 is 10.2 Å². The number of rotatable bonds is 4. The van der Waals surface area contributed by atoms with Gasteiger partial charge in [-0.2, -0.15) is 13.2 Å². The first-order valence-corrected chi connectivity index (χ1v) is 8.82. The van der Waals surface area contributed by atoms with Crippen molar-refractivity contribution in [3.8, 4) is 0 Å². The van der Waals surface area contributed by atoms with Crippen LogP contribution in [0, 0.1) is 0 Å². The summed E-state index contributed by atoms with van der Waals surface area (Å²) in [4.78, 5) is 1.80. The molecule has 1 saturated heterocycles. The SMILES string of the molecule is C=C(Nc1cccc(Br)c1)c1ccc(N2CCCC2)c(C(F)(F)F)c1. The minimum atomic E-state index is -4.40. The van der Waals surface area contributed by atoms with E-state index in [-0.39, 0.29) is 5.69 Å². The van der Waals surface area contributed by atoms with Crippen molar-refractivity contribution in [1.82, 2.24) is 0 Å². The summed E-state index contributed by atoms with van der Waals surface area (Å²) in [6, 6.07) is 11.8. The molecule has 0 saturated carbocycles. The molecule has 0 amide bonds. The summed E-state index contributed by atoms with van der Waals surface area (Å²) in [5, 5.41) is 3.06. The predicted octanol–water partition coefficient (Wildman–Crippen LogP) is 6.15. The van der Waals surface area contributed by atoms with Gasteiger partial charge in [-0.1, -0.05) is 34.6 Å². The van der Waals surface area contributed by atoms with Crippen LogP contribution in [0.15, 0.2) is 53.5 Å². The lowest BCUT2D eigenvalue weighted by Crippen LogP contribution is -2.22. The van der Waals surface area contributed by atoms with Crippen molar-refractivity contribution in [1.29, 1.82) is 0 Å². The van der Waals surface area contributed by atoms with Crippen LogP contribution >= 0.6 is 15.9 Å². The van der Waals surface area contributed by atoms with Crippen molar-refractivity contribution >= 4 is 33.0 Å². The Kier molecular flexibility index (Phi) is 5.08. The Hall–Kier alpha value is -1.95. The second kappa shape index (κ2) is 7.12. The van der Waals surface area contributed by atoms with Crippen LogP contribution < -0.4 is 10.2 Å². The van der Waals surface area contributed by atoms with E-state index in [9.17, 15) is 13.2 Å². The zero-order valence-electron chi connectivity index (χ0n) is 13.5. The third-order valence-corrected chi connectivity index (χ3v) is 4.71. The largest absolute Gasteiger partial charge is 0.418 e. The van der Waals surface area contributed by atoms with Gasteiger partial charge in [-0.3, -0.25) is 0 Å². The van der Waals surface area contributed by atoms with E-state index in [1.807, 2.05) is 24.3 Å². The molecule has 1 fully saturated rings. The number of anilines is 2. The summed E-state index contributed by atoms with van der Waals surface area (Å²) in [6.07, 6.45) is -2.55. The highest BCUT2D eigenvalue weighted by Gasteiger charge is 2.35. The first-order valence-electron chi connectivity index (χ1n) is 8.02. The van der Waals surface area contributed by atoms with Crippen molar-refractivity contribution in [3.05, 3.63) is 64.6 Å². The Labute approximate surface area is 153 Å². The van der Waals surface area contributed by atoms with E-state index in [4.69, 9.17) is 0 Å². The van der Waals surface area contributed by atoms with Gasteiger partial charge in [-0.05, 0) is 48.7 Å². The minimum absolute atomic E-state index is 0.254. The number of nitrogens with one attached hydrogen (secondary N) is 1. The van der Waals surface area contributed by atoms with Crippen LogP contribution in [0.1, 0.15) is 24.0 Å². The summed E-state index contributed by atoms with van der Waals surface area (Å²) in [5.41, 5.74) is 1.26. The smallest absolute Gasteiger partial charge is 0.371 e. The van der Waals surface area contributed by atoms with E-state index in [2.05, 4.69) is 27.8 Å². The van der Waals surface area contributed by atoms with Gasteiger partial charge in [0, 0.05) is 34.6 Å². The highest BCUT2D eigenvalue weighted by molar-refractivity contribution is 9.10. The molecule has 6 heteroatoms. The first-order chi connectivity index (χ1) is 11.8. The molecule has 0 radical (unpaired) electrons. The molecular formula is C19H18BrF3N2. The van der Waals surface area contributed by atoms with Crippen molar-refractivity contribution in [2.24, 2.45) is 0 Å². The fourth-order valence-electron chi connectivity index (χ4n) is 3.00. The van der Waals surface area contributed by atoms with Gasteiger partial charge in [0.05, 0.1) is 5.56 Å². The van der Waals surface area contributed by atoms with Crippen molar-refractivity contribution in [3.63, 3.8) is 0 Å². The lowest BCUT2D eigenvalue weighted by atomic mass is 10.0. The lowest BCUT2D eigenvalue weighted by Gasteiger charge is -2.23. The molecule has 1 aliphatic rings. The minimum Gasteiger partial charge on any atom is -0.371 e. The van der Waals surface area contributed by atoms with Gasteiger partial charge in [-0.25, -0.2) is 0 Å². The third kappa shape index (κ3) is 4.18. The van der Waals surface area contributed by atoms with Crippen molar-refractivity contribution in [2.75, 3.05) is 23.3 Å². The Morgan fingerprint density at radius 1 is 1.08 bits per heavy atom. The average Bonchev–Trinajstić information content (AvgIpc) is 3.08. The van der Waals surface area contributed by atoms with Crippen LogP contribution in [0.4, 0.5) is 24.5 Å². The van der Waals surface area contributed by atoms with Crippen LogP contribution in [0.2, 0.25) is 0 Å². The molecular weight excluding hydrogens is 393 g/mol. The number of alkyl halides is 3. The molecule has 25 heavy (non-hydrogen) atoms. The monoisotopic (exact) mass is 410 g/mol. The maximum absolute atomic E-state index is 13.5. The normalized spacial score (nSPS) is 14.6. The summed E-state index contributed by atoms with van der Waals surface area (Å²) < 4.78 is 41.5. The second-order valence-corrected chi connectivity index (χ2v) is 6.95. The number of hydrogen-bond donors (Lipinski definition) is 1. The molecule has 3 rings (SSSR count). The van der Waals surface area contributed by atoms with E-state index < -0.39 is 11.7 Å². The van der Waals surface area contributed by atoms with Crippen LogP contribution in [-0.4, -0.2) is 13.1 Å². The van der Waals surface area contributed by atoms with Crippen molar-refractivity contribution in [2.45, 2.75) is 19.0 Å². The maximum atomic E-state index is 13.5. The van der Waals surface area contributed by atoms with Crippen LogP contribution in [0.5, 0.6) is 0 Å². The summed E-state index contributed by atoms with van der Waals surface area (Å²) in [6.45, 7) is 5.23. The molecule has 2 aromatic carbocycles. The van der Waals surface area contributed by atoms with Gasteiger partial charge in [0.2, 0.25) is 0 Å². The third-order valence-electron chi connectivity index (χ3n) is 4.22. The molecule has 2 nitrogen and oxygen atoms in total. The number of halogens is 4. The molecule has 132 valence electrons. The van der Waals surface area contributed by atoms with Crippen LogP contribution in [-0.2, 0) is 6.18 Å². The first kappa shape index (κ1) is 17.9. The quantitative estimate of drug-likeness (QED) is 0.649. The van der Waals surface area contributed by atoms with E-state index in [0.29, 0.717) is 24.4 Å². The van der Waals surface area contributed by atoms with Gasteiger partial charge in [0.25, 0.3) is 0 Å². The molecule has 0 spiro atoms. The van der Waals surface area contributed by atoms with E-state index in [1.165, 1.54) is 6.07 Å². The molecule has 0 unspecified atom stereocenters. The number of nitrogens with zero attached hydrogens (tertiary/aromatic N) is 1. The molecule has 1 aliphatic heterocycles. The highest BCUT2D eigenvalue weighted by atomic mass is 79.9. The molecule has 2 aromatic rings. The van der Waals surface area contributed by atoms with Crippen molar-refractivity contribution < 1.29 is 13.2 Å². The zero-order chi connectivity index (χ0) is 18.0. The van der Waals surface area contributed by atoms with Crippen LogP contribution in [0.3, 0.4) is 0 Å². The molecule has 0 atom stereocenters. The fourth-order valence-corrected chi connectivity index (χ4v) is 3.40. The van der Waals surface area contributed by atoms with Gasteiger partial charge in [-0.15, -0.1) is 0 Å². The molecule has 0 aromatic heterocycles. The topological polar surface area (TPSA) is 15.3 Å². The Bertz CT molecular complexity index is 780. The standard InChI is InChI=1S/C19H18BrF3N2/c1-13(24-16-6-4-5-15(20)12-16)14-7-8-18(25-9-2-3-10-25)17(11-14)19(21,22)23/h4-8,11-12,24H,1-3,9-10H2. The predicted molar refractivity (Wildman–Crippen MR) is 99.7 cm³/mol. The second-order valence-electron chi connectivity index (χ2n) is 6.04. The zero-order valence-corrected chi connectivity index (χ0v) is 15.1. The maximum Gasteiger partial charge on any atom is 0.418 e. The Morgan fingerprint density at radius 3 is 2.44 bits per heavy atom. The van der Waals surface area contributed by atoms with Gasteiger partial charge in [0.15, 0.2) is 0 Å². The van der Waals surface area contributed by atoms with Gasteiger partial charge in [0.1, 0.15) is 0 Å². The number of hydrogen-bond acceptors (Lipinski definition) is 2. The Balaban J connectivity index is 1.90. The summed E-state index contributed by atoms with van der Waals surface area (Å²) >= 11 is 3.37. The summed E-state index contributed by atoms with van der Waals surface area (Å²) in [7, 11) is 0.